The number of esters is 1. The molecule has 0 aliphatic carbocycles. The van der Waals surface area contributed by atoms with Gasteiger partial charge in [0, 0.05) is 10.2 Å². The lowest BCUT2D eigenvalue weighted by atomic mass is 10.1. The van der Waals surface area contributed by atoms with Crippen LogP contribution in [-0.2, 0) is 9.59 Å². The summed E-state index contributed by atoms with van der Waals surface area (Å²) in [4.78, 5) is 39.4. The molecule has 35 heavy (non-hydrogen) atoms. The van der Waals surface area contributed by atoms with E-state index in [9.17, 15) is 14.4 Å². The number of nitrogens with zero attached hydrogens (tertiary/aromatic N) is 1. The van der Waals surface area contributed by atoms with Crippen LogP contribution in [0.2, 0.25) is 0 Å². The van der Waals surface area contributed by atoms with E-state index in [0.29, 0.717) is 22.7 Å². The van der Waals surface area contributed by atoms with Gasteiger partial charge in [-0.05, 0) is 73.5 Å². The van der Waals surface area contributed by atoms with E-state index in [4.69, 9.17) is 21.1 Å². The van der Waals surface area contributed by atoms with Gasteiger partial charge in [-0.15, -0.1) is 0 Å². The van der Waals surface area contributed by atoms with Gasteiger partial charge in [-0.3, -0.25) is 9.59 Å². The fourth-order valence-electron chi connectivity index (χ4n) is 3.69. The van der Waals surface area contributed by atoms with Gasteiger partial charge in [0.2, 0.25) is 0 Å². The monoisotopic (exact) mass is 554 g/mol. The third-order valence-electron chi connectivity index (χ3n) is 5.36. The van der Waals surface area contributed by atoms with Crippen molar-refractivity contribution < 1.29 is 23.9 Å². The van der Waals surface area contributed by atoms with Crippen LogP contribution >= 0.6 is 27.5 Å². The van der Waals surface area contributed by atoms with Gasteiger partial charge < -0.3 is 14.8 Å². The number of carbonyl (C=O) groups excluding carboxylic acids is 3. The summed E-state index contributed by atoms with van der Waals surface area (Å²) < 4.78 is 11.8. The maximum Gasteiger partial charge on any atom is 0.343 e. The number of rotatable bonds is 6. The average Bonchev–Trinajstić information content (AvgIpc) is 3.04. The predicted octanol–water partition coefficient (Wildman–Crippen LogP) is 5.73. The van der Waals surface area contributed by atoms with Crippen molar-refractivity contribution >= 4 is 56.7 Å². The molecule has 1 N–H and O–H groups in total. The minimum atomic E-state index is -0.663. The molecule has 0 aromatic heterocycles. The summed E-state index contributed by atoms with van der Waals surface area (Å²) in [7, 11) is 1.45. The molecule has 1 aliphatic heterocycles. The number of methoxy groups -OCH3 is 1. The van der Waals surface area contributed by atoms with Gasteiger partial charge in [0.25, 0.3) is 11.8 Å². The van der Waals surface area contributed by atoms with Crippen molar-refractivity contribution in [3.63, 3.8) is 0 Å². The lowest BCUT2D eigenvalue weighted by molar-refractivity contribution is -0.120. The van der Waals surface area contributed by atoms with Crippen molar-refractivity contribution in [3.8, 4) is 11.5 Å². The molecule has 1 aliphatic rings. The Morgan fingerprint density at radius 3 is 2.23 bits per heavy atom. The molecular formula is C26H20BrClN2O5. The molecule has 0 radical (unpaired) electrons. The van der Waals surface area contributed by atoms with Crippen LogP contribution in [0.1, 0.15) is 21.5 Å². The molecule has 3 aromatic rings. The number of para-hydroxylation sites is 2. The van der Waals surface area contributed by atoms with Crippen LogP contribution in [0.15, 0.2) is 75.9 Å². The summed E-state index contributed by atoms with van der Waals surface area (Å²) in [5.41, 5.74) is 2.66. The molecular weight excluding hydrogens is 536 g/mol. The van der Waals surface area contributed by atoms with E-state index in [1.165, 1.54) is 7.11 Å². The summed E-state index contributed by atoms with van der Waals surface area (Å²) >= 11 is 9.64. The summed E-state index contributed by atoms with van der Waals surface area (Å²) in [6.45, 7) is 3.72. The van der Waals surface area contributed by atoms with Crippen LogP contribution in [0.4, 0.5) is 11.4 Å². The van der Waals surface area contributed by atoms with E-state index < -0.39 is 17.8 Å². The lowest BCUT2D eigenvalue weighted by Gasteiger charge is -2.17. The molecule has 0 bridgehead atoms. The Balaban J connectivity index is 1.51. The quantitative estimate of drug-likeness (QED) is 0.238. The van der Waals surface area contributed by atoms with Gasteiger partial charge in [0.05, 0.1) is 18.4 Å². The minimum Gasteiger partial charge on any atom is -0.495 e. The van der Waals surface area contributed by atoms with Crippen molar-refractivity contribution in [1.29, 1.82) is 0 Å². The van der Waals surface area contributed by atoms with Crippen LogP contribution in [0.5, 0.6) is 11.5 Å². The molecule has 0 saturated carbocycles. The van der Waals surface area contributed by atoms with Crippen LogP contribution in [0.25, 0.3) is 0 Å². The molecule has 9 heteroatoms. The van der Waals surface area contributed by atoms with Gasteiger partial charge in [-0.1, -0.05) is 39.7 Å². The number of aryl methyl sites for hydroxylation is 2. The van der Waals surface area contributed by atoms with Gasteiger partial charge >= 0.3 is 5.97 Å². The van der Waals surface area contributed by atoms with Crippen molar-refractivity contribution in [3.05, 3.63) is 92.6 Å². The zero-order chi connectivity index (χ0) is 25.3. The normalized spacial score (nSPS) is 13.3. The molecule has 3 aromatic carbocycles. The number of benzene rings is 3. The van der Waals surface area contributed by atoms with Gasteiger partial charge in [-0.2, -0.15) is 0 Å². The second-order valence-corrected chi connectivity index (χ2v) is 9.06. The number of halogens is 2. The van der Waals surface area contributed by atoms with E-state index >= 15 is 0 Å². The summed E-state index contributed by atoms with van der Waals surface area (Å²) in [5, 5.41) is 2.64. The first-order valence-electron chi connectivity index (χ1n) is 10.5. The maximum atomic E-state index is 13.0. The van der Waals surface area contributed by atoms with E-state index in [1.807, 2.05) is 26.0 Å². The van der Waals surface area contributed by atoms with Crippen molar-refractivity contribution in [2.75, 3.05) is 17.3 Å². The highest BCUT2D eigenvalue weighted by molar-refractivity contribution is 9.10. The molecule has 2 amide bonds. The highest BCUT2D eigenvalue weighted by Gasteiger charge is 2.40. The van der Waals surface area contributed by atoms with Crippen LogP contribution in [0.3, 0.4) is 0 Å². The Bertz CT molecular complexity index is 1360. The predicted molar refractivity (Wildman–Crippen MR) is 137 cm³/mol. The fourth-order valence-corrected chi connectivity index (χ4v) is 4.59. The van der Waals surface area contributed by atoms with Crippen molar-refractivity contribution in [2.24, 2.45) is 0 Å². The number of imide groups is 1. The molecule has 0 saturated heterocycles. The molecule has 0 spiro atoms. The zero-order valence-electron chi connectivity index (χ0n) is 19.0. The Hall–Kier alpha value is -3.62. The first-order chi connectivity index (χ1) is 16.7. The topological polar surface area (TPSA) is 84.9 Å². The number of carbonyl (C=O) groups is 3. The number of ether oxygens (including phenoxy) is 2. The number of hydrogen-bond donors (Lipinski definition) is 1. The standard InChI is InChI=1S/C26H20BrClN2O5/c1-14-12-17(27)13-15(2)23(14)35-26(33)16-8-10-18(11-9-16)29-22-21(28)24(31)30(25(22)32)19-6-4-5-7-20(19)34-3/h4-13,29H,1-3H3. The number of hydrogen-bond acceptors (Lipinski definition) is 6. The average molecular weight is 556 g/mol. The number of amides is 2. The van der Waals surface area contributed by atoms with Crippen molar-refractivity contribution in [1.82, 2.24) is 0 Å². The third-order valence-corrected chi connectivity index (χ3v) is 6.17. The first kappa shape index (κ1) is 24.5. The number of nitrogens with one attached hydrogen (secondary N) is 1. The van der Waals surface area contributed by atoms with Gasteiger partial charge in [-0.25, -0.2) is 9.69 Å². The SMILES string of the molecule is COc1ccccc1N1C(=O)C(Cl)=C(Nc2ccc(C(=O)Oc3c(C)cc(Br)cc3C)cc2)C1=O. The zero-order valence-corrected chi connectivity index (χ0v) is 21.4. The van der Waals surface area contributed by atoms with Gasteiger partial charge in [0.15, 0.2) is 0 Å². The van der Waals surface area contributed by atoms with Gasteiger partial charge in [0.1, 0.15) is 22.2 Å². The first-order valence-corrected chi connectivity index (χ1v) is 11.7. The van der Waals surface area contributed by atoms with Crippen LogP contribution in [-0.4, -0.2) is 24.9 Å². The molecule has 0 fully saturated rings. The maximum absolute atomic E-state index is 13.0. The molecule has 4 rings (SSSR count). The highest BCUT2D eigenvalue weighted by Crippen LogP contribution is 2.35. The lowest BCUT2D eigenvalue weighted by Crippen LogP contribution is -2.32. The van der Waals surface area contributed by atoms with E-state index in [0.717, 1.165) is 20.5 Å². The van der Waals surface area contributed by atoms with Crippen LogP contribution in [0, 0.1) is 13.8 Å². The molecule has 7 nitrogen and oxygen atoms in total. The van der Waals surface area contributed by atoms with E-state index in [1.54, 1.807) is 48.5 Å². The second kappa shape index (κ2) is 9.93. The summed E-state index contributed by atoms with van der Waals surface area (Å²) in [6, 6.07) is 16.7. The summed E-state index contributed by atoms with van der Waals surface area (Å²) in [6.07, 6.45) is 0. The fraction of sp³-hybridized carbons (Fsp3) is 0.115. The largest absolute Gasteiger partial charge is 0.495 e. The Labute approximate surface area is 215 Å². The third kappa shape index (κ3) is 4.80. The van der Waals surface area contributed by atoms with Crippen LogP contribution < -0.4 is 19.7 Å². The Kier molecular flexibility index (Phi) is 6.95. The molecule has 0 atom stereocenters. The van der Waals surface area contributed by atoms with Crippen molar-refractivity contribution in [2.45, 2.75) is 13.8 Å². The van der Waals surface area contributed by atoms with E-state index in [2.05, 4.69) is 21.2 Å². The molecule has 1 heterocycles. The summed E-state index contributed by atoms with van der Waals surface area (Å²) in [5.74, 6) is -0.932. The highest BCUT2D eigenvalue weighted by atomic mass is 79.9. The Morgan fingerprint density at radius 2 is 1.60 bits per heavy atom. The smallest absolute Gasteiger partial charge is 0.343 e. The Morgan fingerprint density at radius 1 is 0.971 bits per heavy atom. The van der Waals surface area contributed by atoms with E-state index in [-0.39, 0.29) is 16.4 Å². The minimum absolute atomic E-state index is 0.0704. The molecule has 178 valence electrons. The second-order valence-electron chi connectivity index (χ2n) is 7.77. The molecule has 0 unspecified atom stereocenters. The number of anilines is 2.